The van der Waals surface area contributed by atoms with E-state index in [9.17, 15) is 10.1 Å². The lowest BCUT2D eigenvalue weighted by Crippen LogP contribution is -2.19. The molecule has 1 atom stereocenters. The molecular weight excluding hydrogens is 256 g/mol. The van der Waals surface area contributed by atoms with Crippen molar-refractivity contribution in [1.29, 1.82) is 0 Å². The molecule has 5 nitrogen and oxygen atoms in total. The number of benzene rings is 1. The highest BCUT2D eigenvalue weighted by atomic mass is 16.6. The van der Waals surface area contributed by atoms with Gasteiger partial charge in [0.25, 0.3) is 0 Å². The van der Waals surface area contributed by atoms with Crippen molar-refractivity contribution in [2.45, 2.75) is 59.1 Å². The molecule has 0 aliphatic heterocycles. The second kappa shape index (κ2) is 7.72. The second-order valence-corrected chi connectivity index (χ2v) is 5.11. The van der Waals surface area contributed by atoms with Crippen molar-refractivity contribution in [3.63, 3.8) is 0 Å². The Labute approximate surface area is 120 Å². The Morgan fingerprint density at radius 1 is 1.35 bits per heavy atom. The van der Waals surface area contributed by atoms with Crippen molar-refractivity contribution >= 4 is 11.4 Å². The number of ether oxygens (including phenoxy) is 1. The number of hydrogen-bond acceptors (Lipinski definition) is 4. The molecule has 1 unspecified atom stereocenters. The van der Waals surface area contributed by atoms with Gasteiger partial charge in [-0.25, -0.2) is 0 Å². The zero-order chi connectivity index (χ0) is 15.1. The van der Waals surface area contributed by atoms with Gasteiger partial charge < -0.3 is 10.1 Å². The van der Waals surface area contributed by atoms with E-state index in [1.54, 1.807) is 18.2 Å². The minimum atomic E-state index is -0.376. The van der Waals surface area contributed by atoms with Crippen LogP contribution in [0.25, 0.3) is 0 Å². The van der Waals surface area contributed by atoms with Gasteiger partial charge >= 0.3 is 5.69 Å². The Hall–Kier alpha value is -1.78. The number of nitrogens with one attached hydrogen (secondary N) is 1. The second-order valence-electron chi connectivity index (χ2n) is 5.11. The van der Waals surface area contributed by atoms with Crippen LogP contribution in [0.15, 0.2) is 18.2 Å². The SMILES string of the molecule is CCCC(CC)Nc1cccc(OC(C)C)c1[N+](=O)[O-]. The molecular formula is C15H24N2O3. The Morgan fingerprint density at radius 2 is 2.05 bits per heavy atom. The maximum absolute atomic E-state index is 11.3. The van der Waals surface area contributed by atoms with E-state index in [4.69, 9.17) is 4.74 Å². The van der Waals surface area contributed by atoms with Gasteiger partial charge in [0.1, 0.15) is 5.69 Å². The van der Waals surface area contributed by atoms with E-state index in [1.807, 2.05) is 13.8 Å². The lowest BCUT2D eigenvalue weighted by atomic mass is 10.1. The van der Waals surface area contributed by atoms with E-state index >= 15 is 0 Å². The standard InChI is InChI=1S/C15H24N2O3/c1-5-8-12(6-2)16-13-9-7-10-14(20-11(3)4)15(13)17(18)19/h7,9-12,16H,5-6,8H2,1-4H3. The predicted octanol–water partition coefficient (Wildman–Crippen LogP) is 4.37. The van der Waals surface area contributed by atoms with Crippen LogP contribution < -0.4 is 10.1 Å². The Balaban J connectivity index is 3.08. The first-order chi connectivity index (χ1) is 9.49. The fourth-order valence-electron chi connectivity index (χ4n) is 2.12. The summed E-state index contributed by atoms with van der Waals surface area (Å²) in [6.45, 7) is 7.90. The molecule has 0 aliphatic carbocycles. The summed E-state index contributed by atoms with van der Waals surface area (Å²) in [5.41, 5.74) is 0.559. The fraction of sp³-hybridized carbons (Fsp3) is 0.600. The maximum atomic E-state index is 11.3. The van der Waals surface area contributed by atoms with Crippen LogP contribution in [0.4, 0.5) is 11.4 Å². The van der Waals surface area contributed by atoms with Gasteiger partial charge in [-0.1, -0.05) is 26.3 Å². The van der Waals surface area contributed by atoms with Crippen molar-refractivity contribution in [3.8, 4) is 5.75 Å². The molecule has 20 heavy (non-hydrogen) atoms. The van der Waals surface area contributed by atoms with Gasteiger partial charge in [-0.05, 0) is 38.8 Å². The summed E-state index contributed by atoms with van der Waals surface area (Å²) in [5.74, 6) is 0.321. The van der Waals surface area contributed by atoms with Crippen molar-refractivity contribution in [2.24, 2.45) is 0 Å². The van der Waals surface area contributed by atoms with Crippen LogP contribution in [-0.2, 0) is 0 Å². The van der Waals surface area contributed by atoms with Crippen molar-refractivity contribution in [1.82, 2.24) is 0 Å². The lowest BCUT2D eigenvalue weighted by Gasteiger charge is -2.19. The molecule has 1 N–H and O–H groups in total. The first-order valence-electron chi connectivity index (χ1n) is 7.20. The highest BCUT2D eigenvalue weighted by Crippen LogP contribution is 2.36. The molecule has 1 aromatic carbocycles. The molecule has 0 aromatic heterocycles. The highest BCUT2D eigenvalue weighted by molar-refractivity contribution is 5.68. The van der Waals surface area contributed by atoms with E-state index in [1.165, 1.54) is 0 Å². The number of nitrogens with zero attached hydrogens (tertiary/aromatic N) is 1. The van der Waals surface area contributed by atoms with Gasteiger partial charge in [-0.3, -0.25) is 10.1 Å². The first kappa shape index (κ1) is 16.3. The van der Waals surface area contributed by atoms with Crippen LogP contribution in [0.1, 0.15) is 47.0 Å². The normalized spacial score (nSPS) is 12.2. The van der Waals surface area contributed by atoms with E-state index in [0.29, 0.717) is 11.4 Å². The highest BCUT2D eigenvalue weighted by Gasteiger charge is 2.23. The molecule has 0 fully saturated rings. The third-order valence-electron chi connectivity index (χ3n) is 3.03. The van der Waals surface area contributed by atoms with Gasteiger partial charge in [0.2, 0.25) is 0 Å². The summed E-state index contributed by atoms with van der Waals surface area (Å²) in [6.07, 6.45) is 2.87. The van der Waals surface area contributed by atoms with E-state index in [2.05, 4.69) is 19.2 Å². The summed E-state index contributed by atoms with van der Waals surface area (Å²) >= 11 is 0. The van der Waals surface area contributed by atoms with Gasteiger partial charge in [0.05, 0.1) is 11.0 Å². The number of nitro groups is 1. The van der Waals surface area contributed by atoms with Crippen molar-refractivity contribution in [2.75, 3.05) is 5.32 Å². The zero-order valence-electron chi connectivity index (χ0n) is 12.7. The quantitative estimate of drug-likeness (QED) is 0.567. The number of rotatable bonds is 8. The molecule has 1 rings (SSSR count). The largest absolute Gasteiger partial charge is 0.484 e. The molecule has 0 saturated carbocycles. The summed E-state index contributed by atoms with van der Waals surface area (Å²) in [6, 6.07) is 5.41. The third-order valence-corrected chi connectivity index (χ3v) is 3.03. The van der Waals surface area contributed by atoms with E-state index in [-0.39, 0.29) is 22.8 Å². The number of anilines is 1. The van der Waals surface area contributed by atoms with Gasteiger partial charge in [-0.2, -0.15) is 0 Å². The van der Waals surface area contributed by atoms with Crippen LogP contribution in [0, 0.1) is 10.1 Å². The molecule has 0 bridgehead atoms. The third kappa shape index (κ3) is 4.40. The number of nitro benzene ring substituents is 1. The topological polar surface area (TPSA) is 64.4 Å². The number of para-hydroxylation sites is 1. The summed E-state index contributed by atoms with van der Waals surface area (Å²) < 4.78 is 5.54. The smallest absolute Gasteiger partial charge is 0.333 e. The average molecular weight is 280 g/mol. The summed E-state index contributed by atoms with van der Waals surface area (Å²) in [4.78, 5) is 11.0. The molecule has 112 valence electrons. The fourth-order valence-corrected chi connectivity index (χ4v) is 2.12. The Kier molecular flexibility index (Phi) is 6.28. The molecule has 0 radical (unpaired) electrons. The monoisotopic (exact) mass is 280 g/mol. The molecule has 0 heterocycles. The van der Waals surface area contributed by atoms with Crippen molar-refractivity contribution < 1.29 is 9.66 Å². The molecule has 0 aliphatic rings. The van der Waals surface area contributed by atoms with Crippen LogP contribution in [0.2, 0.25) is 0 Å². The van der Waals surface area contributed by atoms with Crippen LogP contribution in [-0.4, -0.2) is 17.1 Å². The first-order valence-corrected chi connectivity index (χ1v) is 7.20. The average Bonchev–Trinajstić information content (AvgIpc) is 2.37. The Bertz CT molecular complexity index is 447. The summed E-state index contributed by atoms with van der Waals surface area (Å²) in [7, 11) is 0. The molecule has 0 spiro atoms. The van der Waals surface area contributed by atoms with Crippen LogP contribution in [0.5, 0.6) is 5.75 Å². The maximum Gasteiger partial charge on any atom is 0.333 e. The Morgan fingerprint density at radius 3 is 2.55 bits per heavy atom. The van der Waals surface area contributed by atoms with Crippen LogP contribution in [0.3, 0.4) is 0 Å². The van der Waals surface area contributed by atoms with Crippen molar-refractivity contribution in [3.05, 3.63) is 28.3 Å². The molecule has 0 saturated heterocycles. The van der Waals surface area contributed by atoms with E-state index in [0.717, 1.165) is 19.3 Å². The number of hydrogen-bond donors (Lipinski definition) is 1. The molecule has 5 heteroatoms. The van der Waals surface area contributed by atoms with E-state index < -0.39 is 0 Å². The lowest BCUT2D eigenvalue weighted by molar-refractivity contribution is -0.385. The minimum absolute atomic E-state index is 0.0238. The van der Waals surface area contributed by atoms with Gasteiger partial charge in [0, 0.05) is 6.04 Å². The predicted molar refractivity (Wildman–Crippen MR) is 81.5 cm³/mol. The minimum Gasteiger partial charge on any atom is -0.484 e. The summed E-state index contributed by atoms with van der Waals surface area (Å²) in [5, 5.41) is 14.6. The van der Waals surface area contributed by atoms with Crippen LogP contribution >= 0.6 is 0 Å². The molecule has 1 aromatic rings. The molecule has 0 amide bonds. The zero-order valence-corrected chi connectivity index (χ0v) is 12.7. The van der Waals surface area contributed by atoms with Gasteiger partial charge in [-0.15, -0.1) is 0 Å². The van der Waals surface area contributed by atoms with Gasteiger partial charge in [0.15, 0.2) is 5.75 Å².